The summed E-state index contributed by atoms with van der Waals surface area (Å²) in [5.41, 5.74) is 1.20. The van der Waals surface area contributed by atoms with E-state index in [1.165, 1.54) is 18.4 Å². The third-order valence-electron chi connectivity index (χ3n) is 2.93. The minimum Gasteiger partial charge on any atom is -0.493 e. The molecule has 0 saturated carbocycles. The van der Waals surface area contributed by atoms with Crippen LogP contribution in [0.25, 0.3) is 0 Å². The van der Waals surface area contributed by atoms with E-state index in [0.29, 0.717) is 6.04 Å². The second kappa shape index (κ2) is 5.55. The maximum atomic E-state index is 6.02. The van der Waals surface area contributed by atoms with Gasteiger partial charge in [0.15, 0.2) is 0 Å². The third-order valence-corrected chi connectivity index (χ3v) is 3.17. The first-order valence-electron chi connectivity index (χ1n) is 5.97. The Morgan fingerprint density at radius 2 is 2.38 bits per heavy atom. The fraction of sp³-hybridized carbons (Fsp3) is 0.538. The Balaban J connectivity index is 2.09. The van der Waals surface area contributed by atoms with E-state index in [9.17, 15) is 0 Å². The van der Waals surface area contributed by atoms with E-state index < -0.39 is 0 Å². The average Bonchev–Trinajstić information content (AvgIpc) is 2.30. The van der Waals surface area contributed by atoms with Gasteiger partial charge in [0.05, 0.1) is 6.61 Å². The highest BCUT2D eigenvalue weighted by Gasteiger charge is 2.20. The van der Waals surface area contributed by atoms with Gasteiger partial charge < -0.3 is 10.1 Å². The Morgan fingerprint density at radius 1 is 1.50 bits per heavy atom. The SMILES string of the molecule is CCCCNC1CCOc2ccc(Cl)cc21. The molecule has 2 rings (SSSR count). The minimum absolute atomic E-state index is 0.397. The van der Waals surface area contributed by atoms with Gasteiger partial charge >= 0.3 is 0 Å². The van der Waals surface area contributed by atoms with Gasteiger partial charge in [0, 0.05) is 23.0 Å². The van der Waals surface area contributed by atoms with Crippen molar-refractivity contribution in [1.82, 2.24) is 5.32 Å². The van der Waals surface area contributed by atoms with Crippen LogP contribution in [0.15, 0.2) is 18.2 Å². The first-order chi connectivity index (χ1) is 7.81. The second-order valence-corrected chi connectivity index (χ2v) is 4.62. The smallest absolute Gasteiger partial charge is 0.124 e. The number of halogens is 1. The molecule has 0 bridgehead atoms. The summed E-state index contributed by atoms with van der Waals surface area (Å²) in [4.78, 5) is 0. The molecule has 0 aromatic heterocycles. The minimum atomic E-state index is 0.397. The van der Waals surface area contributed by atoms with Crippen LogP contribution in [-0.4, -0.2) is 13.2 Å². The highest BCUT2D eigenvalue weighted by Crippen LogP contribution is 2.33. The van der Waals surface area contributed by atoms with Gasteiger partial charge in [-0.1, -0.05) is 24.9 Å². The van der Waals surface area contributed by atoms with Crippen molar-refractivity contribution in [2.24, 2.45) is 0 Å². The number of hydrogen-bond donors (Lipinski definition) is 1. The molecule has 0 spiro atoms. The zero-order chi connectivity index (χ0) is 11.4. The van der Waals surface area contributed by atoms with Crippen molar-refractivity contribution in [3.63, 3.8) is 0 Å². The third kappa shape index (κ3) is 2.69. The Morgan fingerprint density at radius 3 is 3.19 bits per heavy atom. The number of benzene rings is 1. The van der Waals surface area contributed by atoms with Crippen LogP contribution in [-0.2, 0) is 0 Å². The average molecular weight is 240 g/mol. The van der Waals surface area contributed by atoms with Crippen LogP contribution in [0.1, 0.15) is 37.8 Å². The molecule has 0 aliphatic carbocycles. The molecule has 0 amide bonds. The maximum Gasteiger partial charge on any atom is 0.124 e. The molecule has 2 nitrogen and oxygen atoms in total. The van der Waals surface area contributed by atoms with Gasteiger partial charge in [-0.05, 0) is 31.2 Å². The van der Waals surface area contributed by atoms with Gasteiger partial charge in [-0.15, -0.1) is 0 Å². The molecule has 1 aromatic carbocycles. The summed E-state index contributed by atoms with van der Waals surface area (Å²) in [6, 6.07) is 6.26. The van der Waals surface area contributed by atoms with Crippen molar-refractivity contribution >= 4 is 11.6 Å². The van der Waals surface area contributed by atoms with Crippen molar-refractivity contribution in [1.29, 1.82) is 0 Å². The van der Waals surface area contributed by atoms with E-state index in [2.05, 4.69) is 12.2 Å². The van der Waals surface area contributed by atoms with Crippen molar-refractivity contribution in [3.05, 3.63) is 28.8 Å². The van der Waals surface area contributed by atoms with Gasteiger partial charge in [-0.3, -0.25) is 0 Å². The number of ether oxygens (including phenoxy) is 1. The molecule has 88 valence electrons. The van der Waals surface area contributed by atoms with E-state index in [1.807, 2.05) is 18.2 Å². The number of unbranched alkanes of at least 4 members (excludes halogenated alkanes) is 1. The summed E-state index contributed by atoms with van der Waals surface area (Å²) >= 11 is 6.02. The standard InChI is InChI=1S/C13H18ClNO/c1-2-3-7-15-12-6-8-16-13-5-4-10(14)9-11(12)13/h4-5,9,12,15H,2-3,6-8H2,1H3. The molecule has 0 saturated heterocycles. The molecule has 1 atom stereocenters. The van der Waals surface area contributed by atoms with Crippen LogP contribution in [0, 0.1) is 0 Å². The molecule has 1 aliphatic rings. The van der Waals surface area contributed by atoms with E-state index >= 15 is 0 Å². The molecule has 1 N–H and O–H groups in total. The van der Waals surface area contributed by atoms with Crippen LogP contribution < -0.4 is 10.1 Å². The maximum absolute atomic E-state index is 6.02. The van der Waals surface area contributed by atoms with Crippen molar-refractivity contribution in [3.8, 4) is 5.75 Å². The fourth-order valence-electron chi connectivity index (χ4n) is 2.03. The molecule has 3 heteroatoms. The molecule has 0 fully saturated rings. The normalized spacial score (nSPS) is 19.0. The number of hydrogen-bond acceptors (Lipinski definition) is 2. The quantitative estimate of drug-likeness (QED) is 0.812. The van der Waals surface area contributed by atoms with E-state index in [-0.39, 0.29) is 0 Å². The van der Waals surface area contributed by atoms with Crippen molar-refractivity contribution in [2.45, 2.75) is 32.2 Å². The molecule has 1 unspecified atom stereocenters. The molecular weight excluding hydrogens is 222 g/mol. The largest absolute Gasteiger partial charge is 0.493 e. The fourth-order valence-corrected chi connectivity index (χ4v) is 2.21. The summed E-state index contributed by atoms with van der Waals surface area (Å²) in [5, 5.41) is 4.35. The van der Waals surface area contributed by atoms with Gasteiger partial charge in [0.2, 0.25) is 0 Å². The van der Waals surface area contributed by atoms with E-state index in [1.54, 1.807) is 0 Å². The van der Waals surface area contributed by atoms with Crippen LogP contribution >= 0.6 is 11.6 Å². The number of fused-ring (bicyclic) bond motifs is 1. The van der Waals surface area contributed by atoms with Crippen molar-refractivity contribution in [2.75, 3.05) is 13.2 Å². The Labute approximate surface area is 102 Å². The summed E-state index contributed by atoms with van der Waals surface area (Å²) in [6.07, 6.45) is 3.46. The Hall–Kier alpha value is -0.730. The van der Waals surface area contributed by atoms with Crippen LogP contribution in [0.2, 0.25) is 5.02 Å². The van der Waals surface area contributed by atoms with Gasteiger partial charge in [0.25, 0.3) is 0 Å². The summed E-state index contributed by atoms with van der Waals surface area (Å²) in [5.74, 6) is 0.977. The number of rotatable bonds is 4. The van der Waals surface area contributed by atoms with E-state index in [0.717, 1.165) is 30.3 Å². The van der Waals surface area contributed by atoms with Crippen molar-refractivity contribution < 1.29 is 4.74 Å². The summed E-state index contributed by atoms with van der Waals surface area (Å²) in [7, 11) is 0. The lowest BCUT2D eigenvalue weighted by atomic mass is 10.0. The Bertz CT molecular complexity index is 354. The predicted molar refractivity (Wildman–Crippen MR) is 67.2 cm³/mol. The van der Waals surface area contributed by atoms with Crippen LogP contribution in [0.3, 0.4) is 0 Å². The van der Waals surface area contributed by atoms with Gasteiger partial charge in [-0.25, -0.2) is 0 Å². The predicted octanol–water partition coefficient (Wildman–Crippen LogP) is 3.55. The molecule has 1 aromatic rings. The highest BCUT2D eigenvalue weighted by atomic mass is 35.5. The number of nitrogens with one attached hydrogen (secondary N) is 1. The molecule has 1 aliphatic heterocycles. The Kier molecular flexibility index (Phi) is 4.08. The first-order valence-corrected chi connectivity index (χ1v) is 6.34. The lowest BCUT2D eigenvalue weighted by Crippen LogP contribution is -2.27. The van der Waals surface area contributed by atoms with E-state index in [4.69, 9.17) is 16.3 Å². The summed E-state index contributed by atoms with van der Waals surface area (Å²) in [6.45, 7) is 4.06. The zero-order valence-corrected chi connectivity index (χ0v) is 10.4. The first kappa shape index (κ1) is 11.7. The van der Waals surface area contributed by atoms with Crippen LogP contribution in [0.4, 0.5) is 0 Å². The zero-order valence-electron chi connectivity index (χ0n) is 9.63. The molecule has 0 radical (unpaired) electrons. The lowest BCUT2D eigenvalue weighted by Gasteiger charge is -2.27. The summed E-state index contributed by atoms with van der Waals surface area (Å²) < 4.78 is 5.62. The lowest BCUT2D eigenvalue weighted by molar-refractivity contribution is 0.252. The topological polar surface area (TPSA) is 21.3 Å². The molecule has 1 heterocycles. The molecular formula is C13H18ClNO. The van der Waals surface area contributed by atoms with Gasteiger partial charge in [0.1, 0.15) is 5.75 Å². The molecule has 16 heavy (non-hydrogen) atoms. The highest BCUT2D eigenvalue weighted by molar-refractivity contribution is 6.30. The monoisotopic (exact) mass is 239 g/mol. The van der Waals surface area contributed by atoms with Gasteiger partial charge in [-0.2, -0.15) is 0 Å². The second-order valence-electron chi connectivity index (χ2n) is 4.18. The van der Waals surface area contributed by atoms with Crippen LogP contribution in [0.5, 0.6) is 5.75 Å².